The van der Waals surface area contributed by atoms with Crippen molar-refractivity contribution < 1.29 is 12.6 Å². The molecule has 1 aromatic rings. The Morgan fingerprint density at radius 3 is 2.53 bits per heavy atom. The molecule has 2 aliphatic rings. The monoisotopic (exact) mass is 280 g/mol. The van der Waals surface area contributed by atoms with Crippen molar-refractivity contribution in [3.8, 4) is 0 Å². The van der Waals surface area contributed by atoms with Gasteiger partial charge in [0.25, 0.3) is 10.1 Å². The molecule has 0 aromatic heterocycles. The van der Waals surface area contributed by atoms with E-state index in [1.165, 1.54) is 12.8 Å². The van der Waals surface area contributed by atoms with Crippen LogP contribution in [0.5, 0.6) is 0 Å². The predicted molar refractivity (Wildman–Crippen MR) is 73.3 cm³/mol. The van der Waals surface area contributed by atoms with Gasteiger partial charge in [-0.3, -0.25) is 4.18 Å². The zero-order chi connectivity index (χ0) is 13.5. The van der Waals surface area contributed by atoms with E-state index in [1.54, 1.807) is 12.1 Å². The molecule has 2 fully saturated rings. The molecule has 0 spiro atoms. The summed E-state index contributed by atoms with van der Waals surface area (Å²) in [5.41, 5.74) is 1.05. The minimum Gasteiger partial charge on any atom is -0.263 e. The van der Waals surface area contributed by atoms with E-state index in [9.17, 15) is 8.42 Å². The number of rotatable bonds is 3. The summed E-state index contributed by atoms with van der Waals surface area (Å²) in [5, 5.41) is 0. The molecule has 0 radical (unpaired) electrons. The highest BCUT2D eigenvalue weighted by Crippen LogP contribution is 2.44. The fourth-order valence-corrected chi connectivity index (χ4v) is 4.59. The average Bonchev–Trinajstić information content (AvgIpc) is 2.64. The number of hydrogen-bond acceptors (Lipinski definition) is 3. The van der Waals surface area contributed by atoms with Crippen molar-refractivity contribution in [3.05, 3.63) is 29.8 Å². The summed E-state index contributed by atoms with van der Waals surface area (Å²) in [6.45, 7) is 1.94. The van der Waals surface area contributed by atoms with Crippen molar-refractivity contribution in [1.29, 1.82) is 0 Å². The van der Waals surface area contributed by atoms with E-state index in [2.05, 4.69) is 0 Å². The Labute approximate surface area is 115 Å². The highest BCUT2D eigenvalue weighted by Gasteiger charge is 2.40. The van der Waals surface area contributed by atoms with Crippen LogP contribution < -0.4 is 0 Å². The van der Waals surface area contributed by atoms with Gasteiger partial charge in [0.1, 0.15) is 0 Å². The van der Waals surface area contributed by atoms with Crippen molar-refractivity contribution in [2.75, 3.05) is 0 Å². The Bertz CT molecular complexity index is 547. The second-order valence-electron chi connectivity index (χ2n) is 5.93. The summed E-state index contributed by atoms with van der Waals surface area (Å²) in [4.78, 5) is 0.277. The van der Waals surface area contributed by atoms with Crippen LogP contribution in [-0.4, -0.2) is 14.5 Å². The van der Waals surface area contributed by atoms with Crippen LogP contribution in [-0.2, 0) is 14.3 Å². The van der Waals surface area contributed by atoms with Crippen LogP contribution in [0.1, 0.15) is 37.7 Å². The van der Waals surface area contributed by atoms with E-state index in [-0.39, 0.29) is 11.0 Å². The number of fused-ring (bicyclic) bond motifs is 2. The zero-order valence-electron chi connectivity index (χ0n) is 11.2. The normalized spacial score (nSPS) is 30.5. The molecule has 0 heterocycles. The molecular formula is C15H20O3S. The van der Waals surface area contributed by atoms with E-state index < -0.39 is 10.1 Å². The first-order chi connectivity index (χ1) is 9.04. The first-order valence-corrected chi connectivity index (χ1v) is 8.45. The van der Waals surface area contributed by atoms with Gasteiger partial charge < -0.3 is 0 Å². The van der Waals surface area contributed by atoms with Crippen LogP contribution in [0.15, 0.2) is 29.2 Å². The van der Waals surface area contributed by atoms with Crippen molar-refractivity contribution >= 4 is 10.1 Å². The van der Waals surface area contributed by atoms with E-state index >= 15 is 0 Å². The van der Waals surface area contributed by atoms with E-state index in [4.69, 9.17) is 4.18 Å². The molecule has 3 atom stereocenters. The highest BCUT2D eigenvalue weighted by atomic mass is 32.2. The van der Waals surface area contributed by atoms with Gasteiger partial charge in [-0.1, -0.05) is 30.5 Å². The van der Waals surface area contributed by atoms with Crippen molar-refractivity contribution in [2.24, 2.45) is 11.8 Å². The van der Waals surface area contributed by atoms with Crippen molar-refractivity contribution in [2.45, 2.75) is 50.0 Å². The zero-order valence-corrected chi connectivity index (χ0v) is 12.0. The molecule has 19 heavy (non-hydrogen) atoms. The van der Waals surface area contributed by atoms with E-state index in [0.29, 0.717) is 11.8 Å². The molecule has 2 bridgehead atoms. The summed E-state index contributed by atoms with van der Waals surface area (Å²) in [6, 6.07) is 6.88. The molecule has 2 aliphatic carbocycles. The van der Waals surface area contributed by atoms with Gasteiger partial charge in [-0.15, -0.1) is 0 Å². The Hall–Kier alpha value is -0.870. The SMILES string of the molecule is Cc1ccc(S(=O)(=O)OC2CC3CCCC2C3)cc1. The van der Waals surface area contributed by atoms with E-state index in [1.807, 2.05) is 19.1 Å². The Morgan fingerprint density at radius 1 is 1.11 bits per heavy atom. The van der Waals surface area contributed by atoms with Gasteiger partial charge in [-0.25, -0.2) is 0 Å². The Balaban J connectivity index is 1.77. The molecule has 2 saturated carbocycles. The third-order valence-electron chi connectivity index (χ3n) is 4.47. The van der Waals surface area contributed by atoms with Crippen LogP contribution in [0.4, 0.5) is 0 Å². The summed E-state index contributed by atoms with van der Waals surface area (Å²) in [7, 11) is -3.60. The third kappa shape index (κ3) is 2.70. The number of aryl methyl sites for hydroxylation is 1. The van der Waals surface area contributed by atoms with Gasteiger partial charge in [0.15, 0.2) is 0 Å². The maximum Gasteiger partial charge on any atom is 0.297 e. The summed E-state index contributed by atoms with van der Waals surface area (Å²) >= 11 is 0. The predicted octanol–water partition coefficient (Wildman–Crippen LogP) is 3.28. The lowest BCUT2D eigenvalue weighted by molar-refractivity contribution is 0.162. The molecule has 104 valence electrons. The average molecular weight is 280 g/mol. The van der Waals surface area contributed by atoms with E-state index in [0.717, 1.165) is 24.8 Å². The van der Waals surface area contributed by atoms with Crippen LogP contribution in [0.2, 0.25) is 0 Å². The minimum atomic E-state index is -3.60. The number of benzene rings is 1. The molecule has 0 saturated heterocycles. The summed E-state index contributed by atoms with van der Waals surface area (Å²) < 4.78 is 30.0. The highest BCUT2D eigenvalue weighted by molar-refractivity contribution is 7.86. The fraction of sp³-hybridized carbons (Fsp3) is 0.600. The fourth-order valence-electron chi connectivity index (χ4n) is 3.45. The van der Waals surface area contributed by atoms with Crippen LogP contribution in [0.25, 0.3) is 0 Å². The van der Waals surface area contributed by atoms with Crippen molar-refractivity contribution in [3.63, 3.8) is 0 Å². The summed E-state index contributed by atoms with van der Waals surface area (Å²) in [6.07, 6.45) is 5.54. The molecule has 4 heteroatoms. The molecule has 1 aromatic carbocycles. The smallest absolute Gasteiger partial charge is 0.263 e. The van der Waals surface area contributed by atoms with Gasteiger partial charge in [-0.05, 0) is 50.2 Å². The second-order valence-corrected chi connectivity index (χ2v) is 7.50. The Morgan fingerprint density at radius 2 is 1.84 bits per heavy atom. The largest absolute Gasteiger partial charge is 0.297 e. The summed E-state index contributed by atoms with van der Waals surface area (Å²) in [5.74, 6) is 1.12. The second kappa shape index (κ2) is 4.91. The standard InChI is InChI=1S/C15H20O3S/c1-11-5-7-14(8-6-11)19(16,17)18-15-10-12-3-2-4-13(15)9-12/h5-8,12-13,15H,2-4,9-10H2,1H3. The molecule has 3 rings (SSSR count). The maximum absolute atomic E-state index is 12.3. The molecule has 3 nitrogen and oxygen atoms in total. The van der Waals surface area contributed by atoms with Gasteiger partial charge in [0.05, 0.1) is 11.0 Å². The molecule has 3 unspecified atom stereocenters. The maximum atomic E-state index is 12.3. The molecule has 0 aliphatic heterocycles. The lowest BCUT2D eigenvalue weighted by atomic mass is 9.89. The lowest BCUT2D eigenvalue weighted by Gasteiger charge is -2.20. The first kappa shape index (κ1) is 13.1. The van der Waals surface area contributed by atoms with Gasteiger partial charge in [-0.2, -0.15) is 8.42 Å². The quantitative estimate of drug-likeness (QED) is 0.798. The van der Waals surface area contributed by atoms with Gasteiger partial charge in [0.2, 0.25) is 0 Å². The van der Waals surface area contributed by atoms with Gasteiger partial charge >= 0.3 is 0 Å². The number of hydrogen-bond donors (Lipinski definition) is 0. The molecule has 0 N–H and O–H groups in total. The Kier molecular flexibility index (Phi) is 3.39. The lowest BCUT2D eigenvalue weighted by Crippen LogP contribution is -2.22. The topological polar surface area (TPSA) is 43.4 Å². The van der Waals surface area contributed by atoms with Crippen molar-refractivity contribution in [1.82, 2.24) is 0 Å². The van der Waals surface area contributed by atoms with Crippen LogP contribution >= 0.6 is 0 Å². The molecule has 0 amide bonds. The van der Waals surface area contributed by atoms with Crippen LogP contribution in [0, 0.1) is 18.8 Å². The van der Waals surface area contributed by atoms with Gasteiger partial charge in [0, 0.05) is 0 Å². The third-order valence-corrected chi connectivity index (χ3v) is 5.82. The molecular weight excluding hydrogens is 260 g/mol. The minimum absolute atomic E-state index is 0.0983. The first-order valence-electron chi connectivity index (χ1n) is 7.04. The van der Waals surface area contributed by atoms with Crippen LogP contribution in [0.3, 0.4) is 0 Å².